The Bertz CT molecular complexity index is 569. The van der Waals surface area contributed by atoms with Crippen molar-refractivity contribution in [2.24, 2.45) is 0 Å². The van der Waals surface area contributed by atoms with Crippen LogP contribution in [-0.2, 0) is 9.53 Å². The lowest BCUT2D eigenvalue weighted by Gasteiger charge is -2.40. The van der Waals surface area contributed by atoms with E-state index in [1.54, 1.807) is 13.2 Å². The van der Waals surface area contributed by atoms with E-state index in [9.17, 15) is 4.79 Å². The van der Waals surface area contributed by atoms with Gasteiger partial charge in [-0.25, -0.2) is 0 Å². The van der Waals surface area contributed by atoms with E-state index in [-0.39, 0.29) is 11.9 Å². The second-order valence-electron chi connectivity index (χ2n) is 6.73. The third-order valence-electron chi connectivity index (χ3n) is 4.61. The molecule has 1 fully saturated rings. The first-order valence-electron chi connectivity index (χ1n) is 8.47. The highest BCUT2D eigenvalue weighted by Gasteiger charge is 2.31. The second-order valence-corrected chi connectivity index (χ2v) is 7.61. The molecule has 1 aromatic rings. The zero-order chi connectivity index (χ0) is 18.6. The van der Waals surface area contributed by atoms with Gasteiger partial charge in [-0.15, -0.1) is 0 Å². The first-order valence-corrected chi connectivity index (χ1v) is 9.23. The highest BCUT2D eigenvalue weighted by Crippen LogP contribution is 2.28. The van der Waals surface area contributed by atoms with Crippen molar-refractivity contribution in [3.63, 3.8) is 0 Å². The minimum absolute atomic E-state index is 0.0855. The molecule has 0 N–H and O–H groups in total. The number of amides is 1. The van der Waals surface area contributed by atoms with Gasteiger partial charge in [0.05, 0.1) is 6.61 Å². The summed E-state index contributed by atoms with van der Waals surface area (Å²) in [5.41, 5.74) is 0.822. The number of piperazine rings is 1. The number of likely N-dealkylation sites (N-methyl/N-ethyl adjacent to an activating group) is 1. The van der Waals surface area contributed by atoms with Crippen LogP contribution < -0.4 is 0 Å². The van der Waals surface area contributed by atoms with E-state index < -0.39 is 0 Å². The van der Waals surface area contributed by atoms with Gasteiger partial charge in [-0.1, -0.05) is 23.2 Å². The van der Waals surface area contributed by atoms with Gasteiger partial charge in [0.1, 0.15) is 6.04 Å². The number of benzene rings is 1. The third-order valence-corrected chi connectivity index (χ3v) is 5.04. The van der Waals surface area contributed by atoms with Crippen LogP contribution in [0.25, 0.3) is 0 Å². The summed E-state index contributed by atoms with van der Waals surface area (Å²) >= 11 is 12.3. The van der Waals surface area contributed by atoms with Crippen LogP contribution in [0.5, 0.6) is 0 Å². The molecule has 140 valence electrons. The van der Waals surface area contributed by atoms with E-state index in [0.717, 1.165) is 18.7 Å². The molecule has 0 saturated carbocycles. The molecule has 7 heteroatoms. The van der Waals surface area contributed by atoms with Gasteiger partial charge in [0.15, 0.2) is 0 Å². The lowest BCUT2D eigenvalue weighted by molar-refractivity contribution is -0.138. The molecule has 5 nitrogen and oxygen atoms in total. The molecule has 2 atom stereocenters. The lowest BCUT2D eigenvalue weighted by Crippen LogP contribution is -2.54. The number of halogens is 2. The van der Waals surface area contributed by atoms with Crippen LogP contribution in [0.3, 0.4) is 0 Å². The van der Waals surface area contributed by atoms with E-state index in [0.29, 0.717) is 35.8 Å². The van der Waals surface area contributed by atoms with E-state index in [2.05, 4.69) is 11.8 Å². The average molecular weight is 388 g/mol. The van der Waals surface area contributed by atoms with Gasteiger partial charge >= 0.3 is 0 Å². The van der Waals surface area contributed by atoms with Crippen LogP contribution in [0.4, 0.5) is 0 Å². The normalized spacial score (nSPS) is 18.4. The van der Waals surface area contributed by atoms with Crippen molar-refractivity contribution in [1.29, 1.82) is 0 Å². The van der Waals surface area contributed by atoms with Gasteiger partial charge in [0.25, 0.3) is 0 Å². The molecule has 25 heavy (non-hydrogen) atoms. The Morgan fingerprint density at radius 2 is 1.72 bits per heavy atom. The van der Waals surface area contributed by atoms with Crippen molar-refractivity contribution in [2.75, 3.05) is 54.0 Å². The Balaban J connectivity index is 2.09. The van der Waals surface area contributed by atoms with E-state index in [4.69, 9.17) is 27.9 Å². The van der Waals surface area contributed by atoms with Crippen LogP contribution in [-0.4, -0.2) is 80.6 Å². The molecule has 2 unspecified atom stereocenters. The van der Waals surface area contributed by atoms with Crippen molar-refractivity contribution in [2.45, 2.75) is 19.0 Å². The maximum absolute atomic E-state index is 13.1. The fourth-order valence-electron chi connectivity index (χ4n) is 3.30. The Morgan fingerprint density at radius 1 is 1.16 bits per heavy atom. The second kappa shape index (κ2) is 9.19. The maximum atomic E-state index is 13.1. The number of hydrogen-bond donors (Lipinski definition) is 0. The average Bonchev–Trinajstić information content (AvgIpc) is 2.54. The Morgan fingerprint density at radius 3 is 2.20 bits per heavy atom. The Labute approximate surface area is 160 Å². The Hall–Kier alpha value is -0.850. The zero-order valence-electron chi connectivity index (χ0n) is 15.3. The topological polar surface area (TPSA) is 36.0 Å². The molecule has 1 amide bonds. The van der Waals surface area contributed by atoms with Crippen LogP contribution in [0, 0.1) is 0 Å². The number of hydrogen-bond acceptors (Lipinski definition) is 4. The highest BCUT2D eigenvalue weighted by molar-refractivity contribution is 6.34. The van der Waals surface area contributed by atoms with Crippen molar-refractivity contribution >= 4 is 29.1 Å². The third kappa shape index (κ3) is 5.31. The molecule has 0 spiro atoms. The number of rotatable bonds is 6. The van der Waals surface area contributed by atoms with Gasteiger partial charge in [-0.05, 0) is 44.8 Å². The summed E-state index contributed by atoms with van der Waals surface area (Å²) in [4.78, 5) is 19.3. The van der Waals surface area contributed by atoms with Gasteiger partial charge in [0, 0.05) is 49.4 Å². The molecule has 0 radical (unpaired) electrons. The van der Waals surface area contributed by atoms with Crippen molar-refractivity contribution < 1.29 is 9.53 Å². The first-order chi connectivity index (χ1) is 11.8. The summed E-state index contributed by atoms with van der Waals surface area (Å²) in [5.74, 6) is 0.0855. The molecule has 1 aliphatic rings. The molecular weight excluding hydrogens is 361 g/mol. The Kier molecular flexibility index (Phi) is 7.52. The molecule has 1 aromatic carbocycles. The smallest absolute Gasteiger partial charge is 0.244 e. The van der Waals surface area contributed by atoms with Crippen molar-refractivity contribution in [3.8, 4) is 0 Å². The fraction of sp³-hybridized carbons (Fsp3) is 0.611. The van der Waals surface area contributed by atoms with Crippen LogP contribution >= 0.6 is 23.2 Å². The molecule has 1 heterocycles. The van der Waals surface area contributed by atoms with Crippen LogP contribution in [0.15, 0.2) is 18.2 Å². The minimum Gasteiger partial charge on any atom is -0.383 e. The van der Waals surface area contributed by atoms with E-state index in [1.165, 1.54) is 0 Å². The van der Waals surface area contributed by atoms with Crippen LogP contribution in [0.1, 0.15) is 18.5 Å². The van der Waals surface area contributed by atoms with Gasteiger partial charge in [-0.2, -0.15) is 0 Å². The summed E-state index contributed by atoms with van der Waals surface area (Å²) < 4.78 is 5.23. The SMILES string of the molecule is COCC(C)N1CCN(C(=O)C(c2cc(Cl)cc(Cl)c2)N(C)C)CC1. The van der Waals surface area contributed by atoms with E-state index >= 15 is 0 Å². The minimum atomic E-state index is -0.390. The summed E-state index contributed by atoms with van der Waals surface area (Å²) in [6.07, 6.45) is 0. The highest BCUT2D eigenvalue weighted by atomic mass is 35.5. The number of ether oxygens (including phenoxy) is 1. The number of carbonyl (C=O) groups excluding carboxylic acids is 1. The molecule has 1 aliphatic heterocycles. The standard InChI is InChI=1S/C18H27Cl2N3O2/c1-13(12-25-4)22-5-7-23(8-6-22)18(24)17(21(2)3)14-9-15(19)11-16(20)10-14/h9-11,13,17H,5-8,12H2,1-4H3. The van der Waals surface area contributed by atoms with E-state index in [1.807, 2.05) is 36.0 Å². The lowest BCUT2D eigenvalue weighted by atomic mass is 10.0. The summed E-state index contributed by atoms with van der Waals surface area (Å²) in [6, 6.07) is 5.28. The molecule has 0 aromatic heterocycles. The number of carbonyl (C=O) groups is 1. The van der Waals surface area contributed by atoms with Gasteiger partial charge in [0.2, 0.25) is 5.91 Å². The molecule has 1 saturated heterocycles. The largest absolute Gasteiger partial charge is 0.383 e. The first kappa shape index (κ1) is 20.5. The summed E-state index contributed by atoms with van der Waals surface area (Å²) in [6.45, 7) is 5.99. The molecule has 2 rings (SSSR count). The quantitative estimate of drug-likeness (QED) is 0.751. The summed E-state index contributed by atoms with van der Waals surface area (Å²) in [7, 11) is 5.51. The number of nitrogens with zero attached hydrogens (tertiary/aromatic N) is 3. The fourth-order valence-corrected chi connectivity index (χ4v) is 3.84. The van der Waals surface area contributed by atoms with Crippen LogP contribution in [0.2, 0.25) is 10.0 Å². The zero-order valence-corrected chi connectivity index (χ0v) is 16.8. The predicted octanol–water partition coefficient (Wildman–Crippen LogP) is 2.78. The van der Waals surface area contributed by atoms with Crippen molar-refractivity contribution in [1.82, 2.24) is 14.7 Å². The number of methoxy groups -OCH3 is 1. The predicted molar refractivity (Wildman–Crippen MR) is 102 cm³/mol. The van der Waals surface area contributed by atoms with Gasteiger partial charge < -0.3 is 9.64 Å². The maximum Gasteiger partial charge on any atom is 0.244 e. The summed E-state index contributed by atoms with van der Waals surface area (Å²) in [5, 5.41) is 1.08. The van der Waals surface area contributed by atoms with Gasteiger partial charge in [-0.3, -0.25) is 14.6 Å². The van der Waals surface area contributed by atoms with Crippen molar-refractivity contribution in [3.05, 3.63) is 33.8 Å². The molecule has 0 aliphatic carbocycles. The molecule has 0 bridgehead atoms. The molecular formula is C18H27Cl2N3O2. The monoisotopic (exact) mass is 387 g/mol.